The Balaban J connectivity index is 2.34. The van der Waals surface area contributed by atoms with E-state index in [2.05, 4.69) is 20.4 Å². The highest BCUT2D eigenvalue weighted by Crippen LogP contribution is 1.98. The molecule has 1 rings (SSSR count). The fourth-order valence-corrected chi connectivity index (χ4v) is 1.15. The molecule has 0 atom stereocenters. The average Bonchev–Trinajstić information content (AvgIpc) is 2.64. The van der Waals surface area contributed by atoms with E-state index < -0.39 is 0 Å². The molecule has 1 aromatic rings. The Kier molecular flexibility index (Phi) is 4.75. The summed E-state index contributed by atoms with van der Waals surface area (Å²) in [5.74, 6) is 1.79. The van der Waals surface area contributed by atoms with Crippen LogP contribution in [0.5, 0.6) is 0 Å². The molecule has 1 aromatic heterocycles. The highest BCUT2D eigenvalue weighted by atomic mass is 16.5. The monoisotopic (exact) mass is 225 g/mol. The van der Waals surface area contributed by atoms with Crippen LogP contribution in [0.4, 0.5) is 0 Å². The van der Waals surface area contributed by atoms with Gasteiger partial charge in [-0.2, -0.15) is 4.98 Å². The number of aryl methyl sites for hydroxylation is 1. The zero-order valence-electron chi connectivity index (χ0n) is 10.0. The quantitative estimate of drug-likeness (QED) is 0.562. The van der Waals surface area contributed by atoms with Crippen LogP contribution in [0.1, 0.15) is 32.5 Å². The van der Waals surface area contributed by atoms with Crippen LogP contribution in [-0.4, -0.2) is 28.7 Å². The molecule has 0 bridgehead atoms. The number of hydrogen-bond acceptors (Lipinski definition) is 4. The summed E-state index contributed by atoms with van der Waals surface area (Å²) in [7, 11) is 0. The third-order valence-electron chi connectivity index (χ3n) is 1.87. The molecule has 0 saturated carbocycles. The second-order valence-corrected chi connectivity index (χ2v) is 3.77. The molecule has 0 fully saturated rings. The molecule has 3 N–H and O–H groups in total. The van der Waals surface area contributed by atoms with Crippen LogP contribution in [0.2, 0.25) is 0 Å². The van der Waals surface area contributed by atoms with Crippen molar-refractivity contribution < 1.29 is 4.52 Å². The summed E-state index contributed by atoms with van der Waals surface area (Å²) in [5.41, 5.74) is 5.64. The van der Waals surface area contributed by atoms with Crippen molar-refractivity contribution in [1.82, 2.24) is 15.5 Å². The van der Waals surface area contributed by atoms with E-state index in [4.69, 9.17) is 10.3 Å². The van der Waals surface area contributed by atoms with Crippen molar-refractivity contribution in [3.8, 4) is 0 Å². The molecule has 1 heterocycles. The van der Waals surface area contributed by atoms with Gasteiger partial charge in [-0.15, -0.1) is 0 Å². The average molecular weight is 225 g/mol. The van der Waals surface area contributed by atoms with Gasteiger partial charge in [-0.05, 0) is 13.8 Å². The van der Waals surface area contributed by atoms with Crippen LogP contribution in [0.3, 0.4) is 0 Å². The summed E-state index contributed by atoms with van der Waals surface area (Å²) >= 11 is 0. The molecule has 0 unspecified atom stereocenters. The third-order valence-corrected chi connectivity index (χ3v) is 1.87. The van der Waals surface area contributed by atoms with Crippen molar-refractivity contribution >= 4 is 5.96 Å². The van der Waals surface area contributed by atoms with E-state index in [-0.39, 0.29) is 0 Å². The molecule has 0 aromatic carbocycles. The van der Waals surface area contributed by atoms with Crippen molar-refractivity contribution in [2.75, 3.05) is 6.54 Å². The van der Waals surface area contributed by atoms with Crippen molar-refractivity contribution in [2.24, 2.45) is 10.7 Å². The number of aromatic nitrogens is 2. The maximum Gasteiger partial charge on any atom is 0.226 e. The Hall–Kier alpha value is -1.59. The minimum Gasteiger partial charge on any atom is -0.370 e. The predicted octanol–water partition coefficient (Wildman–Crippen LogP) is 0.487. The van der Waals surface area contributed by atoms with Gasteiger partial charge in [0.25, 0.3) is 0 Å². The summed E-state index contributed by atoms with van der Waals surface area (Å²) in [6, 6.07) is 0.292. The van der Waals surface area contributed by atoms with E-state index in [9.17, 15) is 0 Å². The number of nitrogens with one attached hydrogen (secondary N) is 1. The van der Waals surface area contributed by atoms with Crippen LogP contribution in [-0.2, 0) is 12.8 Å². The van der Waals surface area contributed by atoms with Crippen molar-refractivity contribution in [3.05, 3.63) is 11.7 Å². The van der Waals surface area contributed by atoms with Gasteiger partial charge in [-0.25, -0.2) is 0 Å². The summed E-state index contributed by atoms with van der Waals surface area (Å²) in [6.45, 7) is 6.55. The van der Waals surface area contributed by atoms with Gasteiger partial charge in [0.05, 0.1) is 0 Å². The maximum atomic E-state index is 5.64. The Bertz CT molecular complexity index is 345. The fourth-order valence-electron chi connectivity index (χ4n) is 1.15. The smallest absolute Gasteiger partial charge is 0.226 e. The lowest BCUT2D eigenvalue weighted by atomic mass is 10.4. The Morgan fingerprint density at radius 2 is 2.31 bits per heavy atom. The van der Waals surface area contributed by atoms with E-state index >= 15 is 0 Å². The third kappa shape index (κ3) is 4.29. The maximum absolute atomic E-state index is 5.64. The molecule has 0 aliphatic rings. The van der Waals surface area contributed by atoms with E-state index in [0.29, 0.717) is 36.7 Å². The van der Waals surface area contributed by atoms with Crippen molar-refractivity contribution in [1.29, 1.82) is 0 Å². The first-order valence-corrected chi connectivity index (χ1v) is 5.49. The first-order chi connectivity index (χ1) is 7.61. The summed E-state index contributed by atoms with van der Waals surface area (Å²) in [5, 5.41) is 6.84. The first kappa shape index (κ1) is 12.5. The van der Waals surface area contributed by atoms with Crippen LogP contribution in [0, 0.1) is 0 Å². The summed E-state index contributed by atoms with van der Waals surface area (Å²) in [4.78, 5) is 8.33. The molecular formula is C10H19N5O. The molecule has 90 valence electrons. The minimum atomic E-state index is 0.292. The fraction of sp³-hybridized carbons (Fsp3) is 0.700. The Labute approximate surface area is 95.3 Å². The molecule has 0 saturated heterocycles. The molecule has 6 nitrogen and oxygen atoms in total. The lowest BCUT2D eigenvalue weighted by Gasteiger charge is -2.07. The van der Waals surface area contributed by atoms with E-state index in [1.807, 2.05) is 20.8 Å². The second kappa shape index (κ2) is 6.09. The Morgan fingerprint density at radius 3 is 2.88 bits per heavy atom. The number of aliphatic imine (C=N–C) groups is 1. The lowest BCUT2D eigenvalue weighted by molar-refractivity contribution is 0.376. The molecule has 0 amide bonds. The lowest BCUT2D eigenvalue weighted by Crippen LogP contribution is -2.36. The highest BCUT2D eigenvalue weighted by molar-refractivity contribution is 5.78. The van der Waals surface area contributed by atoms with Gasteiger partial charge in [0.1, 0.15) is 0 Å². The van der Waals surface area contributed by atoms with Crippen LogP contribution < -0.4 is 11.1 Å². The zero-order chi connectivity index (χ0) is 12.0. The number of nitrogens with zero attached hydrogens (tertiary/aromatic N) is 3. The molecule has 0 spiro atoms. The van der Waals surface area contributed by atoms with Crippen molar-refractivity contribution in [3.63, 3.8) is 0 Å². The predicted molar refractivity (Wildman–Crippen MR) is 62.1 cm³/mol. The summed E-state index contributed by atoms with van der Waals surface area (Å²) in [6.07, 6.45) is 1.40. The largest absolute Gasteiger partial charge is 0.370 e. The SMILES string of the molecule is CCc1nc(CCN=C(N)NC(C)C)no1. The number of guanidine groups is 1. The minimum absolute atomic E-state index is 0.292. The van der Waals surface area contributed by atoms with E-state index in [1.165, 1.54) is 0 Å². The molecule has 0 radical (unpaired) electrons. The van der Waals surface area contributed by atoms with Gasteiger partial charge in [-0.3, -0.25) is 4.99 Å². The highest BCUT2D eigenvalue weighted by Gasteiger charge is 2.03. The molecule has 6 heteroatoms. The van der Waals surface area contributed by atoms with Gasteiger partial charge in [0.2, 0.25) is 5.89 Å². The summed E-state index contributed by atoms with van der Waals surface area (Å²) < 4.78 is 4.98. The topological polar surface area (TPSA) is 89.3 Å². The van der Waals surface area contributed by atoms with Gasteiger partial charge < -0.3 is 15.6 Å². The van der Waals surface area contributed by atoms with Gasteiger partial charge in [0, 0.05) is 25.4 Å². The number of nitrogens with two attached hydrogens (primary N) is 1. The van der Waals surface area contributed by atoms with Crippen molar-refractivity contribution in [2.45, 2.75) is 39.7 Å². The number of hydrogen-bond donors (Lipinski definition) is 2. The van der Waals surface area contributed by atoms with Gasteiger partial charge in [-0.1, -0.05) is 12.1 Å². The zero-order valence-corrected chi connectivity index (χ0v) is 10.0. The second-order valence-electron chi connectivity index (χ2n) is 3.77. The molecular weight excluding hydrogens is 206 g/mol. The standard InChI is InChI=1S/C10H19N5O/c1-4-9-14-8(15-16-9)5-6-12-10(11)13-7(2)3/h7H,4-6H2,1-3H3,(H3,11,12,13). The molecule has 0 aliphatic heterocycles. The number of rotatable bonds is 5. The molecule has 16 heavy (non-hydrogen) atoms. The van der Waals surface area contributed by atoms with Gasteiger partial charge in [0.15, 0.2) is 11.8 Å². The van der Waals surface area contributed by atoms with Crippen LogP contribution >= 0.6 is 0 Å². The van der Waals surface area contributed by atoms with Gasteiger partial charge >= 0.3 is 0 Å². The molecule has 0 aliphatic carbocycles. The Morgan fingerprint density at radius 1 is 1.56 bits per heavy atom. The first-order valence-electron chi connectivity index (χ1n) is 5.49. The normalized spacial score (nSPS) is 12.1. The van der Waals surface area contributed by atoms with E-state index in [0.717, 1.165) is 6.42 Å². The van der Waals surface area contributed by atoms with Crippen LogP contribution in [0.15, 0.2) is 9.52 Å². The van der Waals surface area contributed by atoms with E-state index in [1.54, 1.807) is 0 Å². The van der Waals surface area contributed by atoms with Crippen LogP contribution in [0.25, 0.3) is 0 Å².